The van der Waals surface area contributed by atoms with Crippen molar-refractivity contribution in [2.45, 2.75) is 20.5 Å². The Balaban J connectivity index is 1.96. The molecule has 7 rings (SSSR count). The van der Waals surface area contributed by atoms with Crippen LogP contribution in [0.15, 0.2) is 53.1 Å². The van der Waals surface area contributed by atoms with Gasteiger partial charge >= 0.3 is 0 Å². The van der Waals surface area contributed by atoms with Gasteiger partial charge in [-0.3, -0.25) is 4.57 Å². The van der Waals surface area contributed by atoms with Crippen LogP contribution >= 0.6 is 0 Å². The third-order valence-electron chi connectivity index (χ3n) is 6.14. The lowest BCUT2D eigenvalue weighted by molar-refractivity contribution is -0.675. The Kier molecular flexibility index (Phi) is 2.18. The zero-order valence-corrected chi connectivity index (χ0v) is 15.1. The summed E-state index contributed by atoms with van der Waals surface area (Å²) in [5, 5.41) is 6.21. The number of furan rings is 1. The molecule has 3 aromatic heterocycles. The van der Waals surface area contributed by atoms with Gasteiger partial charge in [0.2, 0.25) is 12.3 Å². The fraction of sp³-hybridized carbons (Fsp3) is 0.130. The van der Waals surface area contributed by atoms with Gasteiger partial charge in [-0.05, 0) is 36.8 Å². The zero-order chi connectivity index (χ0) is 17.9. The summed E-state index contributed by atoms with van der Waals surface area (Å²) in [6.07, 6.45) is 2.17. The number of rotatable bonds is 0. The lowest BCUT2D eigenvalue weighted by Gasteiger charge is -2.07. The van der Waals surface area contributed by atoms with Crippen LogP contribution in [0.1, 0.15) is 11.4 Å². The molecule has 0 aliphatic carbocycles. The van der Waals surface area contributed by atoms with E-state index in [4.69, 9.17) is 9.40 Å². The van der Waals surface area contributed by atoms with E-state index in [1.54, 1.807) is 0 Å². The molecule has 0 amide bonds. The molecule has 4 heteroatoms. The molecule has 4 heterocycles. The summed E-state index contributed by atoms with van der Waals surface area (Å²) >= 11 is 0. The fourth-order valence-corrected chi connectivity index (χ4v) is 4.91. The summed E-state index contributed by atoms with van der Waals surface area (Å²) in [4.78, 5) is 4.98. The van der Waals surface area contributed by atoms with Crippen LogP contribution in [-0.4, -0.2) is 9.55 Å². The van der Waals surface area contributed by atoms with Crippen molar-refractivity contribution in [3.05, 3.63) is 60.0 Å². The molecule has 1 aliphatic heterocycles. The Labute approximate surface area is 154 Å². The smallest absolute Gasteiger partial charge is 0.261 e. The summed E-state index contributed by atoms with van der Waals surface area (Å²) < 4.78 is 11.0. The first kappa shape index (κ1) is 13.8. The molecule has 0 bridgehead atoms. The molecule has 0 fully saturated rings. The van der Waals surface area contributed by atoms with Gasteiger partial charge in [0.1, 0.15) is 16.8 Å². The predicted molar refractivity (Wildman–Crippen MR) is 107 cm³/mol. The molecule has 4 nitrogen and oxygen atoms in total. The highest BCUT2D eigenvalue weighted by Gasteiger charge is 2.29. The molecule has 27 heavy (non-hydrogen) atoms. The van der Waals surface area contributed by atoms with E-state index in [1.807, 2.05) is 0 Å². The number of fused-ring (bicyclic) bond motifs is 3. The van der Waals surface area contributed by atoms with Crippen LogP contribution < -0.4 is 4.57 Å². The van der Waals surface area contributed by atoms with Gasteiger partial charge in [0.05, 0.1) is 11.0 Å². The van der Waals surface area contributed by atoms with Crippen molar-refractivity contribution in [3.8, 4) is 0 Å². The number of imidazole rings is 1. The normalized spacial score (nSPS) is 13.4. The molecule has 3 aromatic carbocycles. The second-order valence-electron chi connectivity index (χ2n) is 7.58. The first-order chi connectivity index (χ1) is 13.2. The molecule has 0 radical (unpaired) electrons. The predicted octanol–water partition coefficient (Wildman–Crippen LogP) is 4.97. The maximum absolute atomic E-state index is 6.32. The summed E-state index contributed by atoms with van der Waals surface area (Å²) in [6, 6.07) is 15.1. The lowest BCUT2D eigenvalue weighted by Crippen LogP contribution is -2.37. The molecule has 0 atom stereocenters. The Bertz CT molecular complexity index is 1620. The number of hydrogen-bond donors (Lipinski definition) is 0. The van der Waals surface area contributed by atoms with E-state index in [0.717, 1.165) is 29.2 Å². The van der Waals surface area contributed by atoms with Gasteiger partial charge in [-0.1, -0.05) is 24.3 Å². The third-order valence-corrected chi connectivity index (χ3v) is 6.14. The summed E-state index contributed by atoms with van der Waals surface area (Å²) in [6.45, 7) is 4.97. The molecule has 0 spiro atoms. The van der Waals surface area contributed by atoms with E-state index in [1.165, 1.54) is 43.5 Å². The third kappa shape index (κ3) is 1.44. The van der Waals surface area contributed by atoms with Gasteiger partial charge in [-0.15, -0.1) is 0 Å². The SMILES string of the molecule is Cc1cc[n+]2c3c1oc1ccc4c5ccccc5c5nc(C)n(c5c4c13)C2. The second kappa shape index (κ2) is 4.29. The van der Waals surface area contributed by atoms with Crippen LogP contribution in [0.5, 0.6) is 0 Å². The van der Waals surface area contributed by atoms with Crippen molar-refractivity contribution in [1.82, 2.24) is 9.55 Å². The van der Waals surface area contributed by atoms with Gasteiger partial charge in [-0.25, -0.2) is 4.98 Å². The monoisotopic (exact) mass is 350 g/mol. The molecule has 0 saturated heterocycles. The van der Waals surface area contributed by atoms with E-state index in [0.29, 0.717) is 0 Å². The van der Waals surface area contributed by atoms with E-state index in [9.17, 15) is 0 Å². The largest absolute Gasteiger partial charge is 0.449 e. The van der Waals surface area contributed by atoms with Crippen molar-refractivity contribution in [3.63, 3.8) is 0 Å². The van der Waals surface area contributed by atoms with Gasteiger partial charge in [0.25, 0.3) is 5.52 Å². The molecule has 6 aromatic rings. The minimum atomic E-state index is 0.746. The quantitative estimate of drug-likeness (QED) is 0.286. The fourth-order valence-electron chi connectivity index (χ4n) is 4.91. The Morgan fingerprint density at radius 1 is 0.963 bits per heavy atom. The molecule has 0 saturated carbocycles. The van der Waals surface area contributed by atoms with Crippen molar-refractivity contribution >= 4 is 54.6 Å². The average molecular weight is 350 g/mol. The minimum absolute atomic E-state index is 0.746. The number of nitrogens with zero attached hydrogens (tertiary/aromatic N) is 3. The number of aromatic nitrogens is 3. The molecule has 0 N–H and O–H groups in total. The summed E-state index contributed by atoms with van der Waals surface area (Å²) in [5.41, 5.74) is 6.60. The first-order valence-corrected chi connectivity index (χ1v) is 9.28. The summed E-state index contributed by atoms with van der Waals surface area (Å²) in [7, 11) is 0. The van der Waals surface area contributed by atoms with Gasteiger partial charge in [-0.2, -0.15) is 4.57 Å². The van der Waals surface area contributed by atoms with Gasteiger partial charge in [0.15, 0.2) is 6.20 Å². The summed E-state index contributed by atoms with van der Waals surface area (Å²) in [5.74, 6) is 1.04. The van der Waals surface area contributed by atoms with Crippen LogP contribution in [0.2, 0.25) is 0 Å². The minimum Gasteiger partial charge on any atom is -0.449 e. The maximum Gasteiger partial charge on any atom is 0.261 e. The number of hydrogen-bond acceptors (Lipinski definition) is 2. The number of aryl methyl sites for hydroxylation is 2. The van der Waals surface area contributed by atoms with Crippen molar-refractivity contribution in [1.29, 1.82) is 0 Å². The highest BCUT2D eigenvalue weighted by atomic mass is 16.3. The molecular weight excluding hydrogens is 334 g/mol. The van der Waals surface area contributed by atoms with Gasteiger partial charge in [0, 0.05) is 22.4 Å². The van der Waals surface area contributed by atoms with Crippen molar-refractivity contribution in [2.24, 2.45) is 0 Å². The topological polar surface area (TPSA) is 34.8 Å². The van der Waals surface area contributed by atoms with Crippen molar-refractivity contribution < 1.29 is 8.98 Å². The van der Waals surface area contributed by atoms with Gasteiger partial charge < -0.3 is 4.42 Å². The van der Waals surface area contributed by atoms with Crippen molar-refractivity contribution in [2.75, 3.05) is 0 Å². The highest BCUT2D eigenvalue weighted by Crippen LogP contribution is 2.43. The molecule has 1 aliphatic rings. The van der Waals surface area contributed by atoms with Crippen LogP contribution in [-0.2, 0) is 6.67 Å². The Hall–Kier alpha value is -3.40. The number of pyridine rings is 1. The van der Waals surface area contributed by atoms with Crippen LogP contribution in [0, 0.1) is 13.8 Å². The van der Waals surface area contributed by atoms with E-state index in [-0.39, 0.29) is 0 Å². The highest BCUT2D eigenvalue weighted by molar-refractivity contribution is 6.32. The molecular formula is C23H16N3O+. The van der Waals surface area contributed by atoms with E-state index in [2.05, 4.69) is 71.6 Å². The molecule has 0 unspecified atom stereocenters. The molecule has 128 valence electrons. The van der Waals surface area contributed by atoms with E-state index < -0.39 is 0 Å². The standard InChI is InChI=1S/C23H16N3O/c1-12-9-10-25-11-26-13(2)24-20-16-6-4-3-5-14(16)15-7-8-17-19(18(15)21(20)26)22(25)23(12)27-17/h3-10H,11H2,1-2H3/q+1. The average Bonchev–Trinajstić information content (AvgIpc) is 3.18. The Morgan fingerprint density at radius 3 is 2.70 bits per heavy atom. The van der Waals surface area contributed by atoms with Crippen LogP contribution in [0.3, 0.4) is 0 Å². The number of benzene rings is 3. The zero-order valence-electron chi connectivity index (χ0n) is 15.1. The Morgan fingerprint density at radius 2 is 1.81 bits per heavy atom. The first-order valence-electron chi connectivity index (χ1n) is 9.28. The second-order valence-corrected chi connectivity index (χ2v) is 7.58. The van der Waals surface area contributed by atoms with Crippen LogP contribution in [0.25, 0.3) is 54.6 Å². The van der Waals surface area contributed by atoms with Crippen LogP contribution in [0.4, 0.5) is 0 Å². The lowest BCUT2D eigenvalue weighted by atomic mass is 9.97. The van der Waals surface area contributed by atoms with E-state index >= 15 is 0 Å². The maximum atomic E-state index is 6.32.